The molecule has 0 atom stereocenters. The van der Waals surface area contributed by atoms with Crippen molar-refractivity contribution in [1.82, 2.24) is 10.3 Å². The summed E-state index contributed by atoms with van der Waals surface area (Å²) >= 11 is 0. The van der Waals surface area contributed by atoms with Gasteiger partial charge in [0.1, 0.15) is 5.82 Å². The molecule has 1 aromatic carbocycles. The minimum absolute atomic E-state index is 0. The van der Waals surface area contributed by atoms with Crippen LogP contribution in [0, 0.1) is 0 Å². The Morgan fingerprint density at radius 3 is 2.40 bits per heavy atom. The average molecular weight is 527 g/mol. The molecule has 0 unspecified atom stereocenters. The maximum atomic E-state index is 5.57. The van der Waals surface area contributed by atoms with Gasteiger partial charge in [0.05, 0.1) is 20.3 Å². The summed E-state index contributed by atoms with van der Waals surface area (Å²) in [7, 11) is 1.63. The molecule has 1 aromatic heterocycles. The van der Waals surface area contributed by atoms with E-state index in [9.17, 15) is 0 Å². The molecule has 0 spiro atoms. The number of nitrogens with zero attached hydrogens (tertiary/aromatic N) is 3. The van der Waals surface area contributed by atoms with Gasteiger partial charge in [0.15, 0.2) is 17.5 Å². The zero-order chi connectivity index (χ0) is 21.1. The van der Waals surface area contributed by atoms with Crippen molar-refractivity contribution in [2.75, 3.05) is 43.6 Å². The molecule has 0 saturated heterocycles. The fraction of sp³-hybridized carbons (Fsp3) is 0.455. The Hall–Kier alpha value is -2.23. The number of anilines is 2. The normalized spacial score (nSPS) is 10.8. The highest BCUT2D eigenvalue weighted by Gasteiger charge is 2.07. The first-order valence-corrected chi connectivity index (χ1v) is 10.2. The highest BCUT2D eigenvalue weighted by Crippen LogP contribution is 2.30. The lowest BCUT2D eigenvalue weighted by Gasteiger charge is -2.19. The number of aromatic nitrogens is 1. The van der Waals surface area contributed by atoms with Gasteiger partial charge in [0, 0.05) is 37.6 Å². The van der Waals surface area contributed by atoms with E-state index >= 15 is 0 Å². The van der Waals surface area contributed by atoms with Gasteiger partial charge >= 0.3 is 0 Å². The molecule has 0 radical (unpaired) electrons. The maximum absolute atomic E-state index is 5.57. The van der Waals surface area contributed by atoms with E-state index in [2.05, 4.69) is 51.5 Å². The molecule has 0 aliphatic rings. The number of ether oxygens (including phenoxy) is 2. The van der Waals surface area contributed by atoms with Crippen LogP contribution in [0.2, 0.25) is 0 Å². The summed E-state index contributed by atoms with van der Waals surface area (Å²) in [5.74, 6) is 3.10. The van der Waals surface area contributed by atoms with E-state index in [1.807, 2.05) is 38.2 Å². The van der Waals surface area contributed by atoms with Gasteiger partial charge in [-0.15, -0.1) is 24.0 Å². The molecular weight excluding hydrogens is 493 g/mol. The van der Waals surface area contributed by atoms with Crippen LogP contribution in [0.15, 0.2) is 41.5 Å². The van der Waals surface area contributed by atoms with Crippen molar-refractivity contribution in [3.8, 4) is 11.5 Å². The Morgan fingerprint density at radius 1 is 1.07 bits per heavy atom. The van der Waals surface area contributed by atoms with Crippen LogP contribution >= 0.6 is 24.0 Å². The monoisotopic (exact) mass is 527 g/mol. The second-order valence-corrected chi connectivity index (χ2v) is 6.32. The smallest absolute Gasteiger partial charge is 0.196 e. The molecule has 0 saturated carbocycles. The topological polar surface area (TPSA) is 71.0 Å². The van der Waals surface area contributed by atoms with E-state index in [-0.39, 0.29) is 24.0 Å². The Balaban J connectivity index is 0.00000450. The minimum Gasteiger partial charge on any atom is -0.493 e. The van der Waals surface area contributed by atoms with Crippen molar-refractivity contribution >= 4 is 41.4 Å². The summed E-state index contributed by atoms with van der Waals surface area (Å²) in [5, 5.41) is 6.58. The van der Waals surface area contributed by atoms with Gasteiger partial charge in [-0.2, -0.15) is 0 Å². The molecule has 2 rings (SSSR count). The van der Waals surface area contributed by atoms with Crippen LogP contribution in [-0.4, -0.2) is 44.3 Å². The number of nitrogens with one attached hydrogen (secondary N) is 2. The number of methoxy groups -OCH3 is 1. The lowest BCUT2D eigenvalue weighted by molar-refractivity contribution is 0.311. The highest BCUT2D eigenvalue weighted by molar-refractivity contribution is 14.0. The minimum atomic E-state index is 0. The molecule has 0 aliphatic heterocycles. The average Bonchev–Trinajstić information content (AvgIpc) is 2.75. The van der Waals surface area contributed by atoms with Gasteiger partial charge in [0.25, 0.3) is 0 Å². The third-order valence-corrected chi connectivity index (χ3v) is 4.39. The third kappa shape index (κ3) is 7.55. The van der Waals surface area contributed by atoms with Gasteiger partial charge in [-0.25, -0.2) is 9.98 Å². The fourth-order valence-corrected chi connectivity index (χ4v) is 2.88. The standard InChI is InChI=1S/C22H33N5O2.HI/c1-6-23-22(26-18-11-12-19(29-9-4)20(14-18)28-5)25-16-17-10-13-21(24-15-17)27(7-2)8-3;/h10-15H,6-9,16H2,1-5H3,(H2,23,25,26);1H. The first-order chi connectivity index (χ1) is 14.1. The zero-order valence-electron chi connectivity index (χ0n) is 18.6. The number of pyridine rings is 1. The first kappa shape index (κ1) is 25.8. The molecule has 1 heterocycles. The van der Waals surface area contributed by atoms with E-state index in [1.165, 1.54) is 0 Å². The Bertz CT molecular complexity index is 780. The zero-order valence-corrected chi connectivity index (χ0v) is 20.9. The Labute approximate surface area is 197 Å². The number of benzene rings is 1. The summed E-state index contributed by atoms with van der Waals surface area (Å²) < 4.78 is 11.0. The molecule has 0 fully saturated rings. The predicted octanol–water partition coefficient (Wildman–Crippen LogP) is 4.53. The number of hydrogen-bond acceptors (Lipinski definition) is 5. The van der Waals surface area contributed by atoms with Crippen LogP contribution in [0.4, 0.5) is 11.5 Å². The number of guanidine groups is 1. The van der Waals surface area contributed by atoms with Gasteiger partial charge in [0.2, 0.25) is 0 Å². The molecule has 8 heteroatoms. The Kier molecular flexibility index (Phi) is 12.0. The van der Waals surface area contributed by atoms with Gasteiger partial charge < -0.3 is 25.0 Å². The number of aliphatic imine (C=N–C) groups is 1. The summed E-state index contributed by atoms with van der Waals surface area (Å²) in [6.45, 7) is 12.0. The molecule has 2 N–H and O–H groups in total. The maximum Gasteiger partial charge on any atom is 0.196 e. The second kappa shape index (κ2) is 13.9. The van der Waals surface area contributed by atoms with Crippen molar-refractivity contribution in [2.45, 2.75) is 34.2 Å². The molecule has 2 aromatic rings. The van der Waals surface area contributed by atoms with Crippen LogP contribution in [0.25, 0.3) is 0 Å². The number of hydrogen-bond donors (Lipinski definition) is 2. The van der Waals surface area contributed by atoms with E-state index in [0.717, 1.165) is 42.5 Å². The molecule has 0 amide bonds. The van der Waals surface area contributed by atoms with Crippen LogP contribution in [0.5, 0.6) is 11.5 Å². The number of rotatable bonds is 10. The molecule has 0 aliphatic carbocycles. The van der Waals surface area contributed by atoms with Crippen molar-refractivity contribution in [3.63, 3.8) is 0 Å². The summed E-state index contributed by atoms with van der Waals surface area (Å²) in [6, 6.07) is 9.87. The van der Waals surface area contributed by atoms with Crippen molar-refractivity contribution < 1.29 is 9.47 Å². The highest BCUT2D eigenvalue weighted by atomic mass is 127. The lowest BCUT2D eigenvalue weighted by Crippen LogP contribution is -2.30. The van der Waals surface area contributed by atoms with Crippen LogP contribution in [-0.2, 0) is 6.54 Å². The largest absolute Gasteiger partial charge is 0.493 e. The van der Waals surface area contributed by atoms with Crippen molar-refractivity contribution in [1.29, 1.82) is 0 Å². The summed E-state index contributed by atoms with van der Waals surface area (Å²) in [4.78, 5) is 11.5. The Morgan fingerprint density at radius 2 is 1.83 bits per heavy atom. The molecule has 30 heavy (non-hydrogen) atoms. The van der Waals surface area contributed by atoms with E-state index in [1.54, 1.807) is 7.11 Å². The van der Waals surface area contributed by atoms with E-state index < -0.39 is 0 Å². The molecule has 0 bridgehead atoms. The van der Waals surface area contributed by atoms with Crippen molar-refractivity contribution in [2.24, 2.45) is 4.99 Å². The van der Waals surface area contributed by atoms with Crippen molar-refractivity contribution in [3.05, 3.63) is 42.1 Å². The third-order valence-electron chi connectivity index (χ3n) is 4.39. The van der Waals surface area contributed by atoms with Crippen LogP contribution in [0.1, 0.15) is 33.3 Å². The van der Waals surface area contributed by atoms with E-state index in [4.69, 9.17) is 9.47 Å². The molecule has 7 nitrogen and oxygen atoms in total. The van der Waals surface area contributed by atoms with Gasteiger partial charge in [-0.1, -0.05) is 6.07 Å². The van der Waals surface area contributed by atoms with E-state index in [0.29, 0.717) is 24.9 Å². The summed E-state index contributed by atoms with van der Waals surface area (Å²) in [5.41, 5.74) is 1.93. The van der Waals surface area contributed by atoms with Crippen LogP contribution < -0.4 is 25.0 Å². The van der Waals surface area contributed by atoms with Crippen LogP contribution in [0.3, 0.4) is 0 Å². The predicted molar refractivity (Wildman–Crippen MR) is 136 cm³/mol. The SMILES string of the molecule is CCNC(=NCc1ccc(N(CC)CC)nc1)Nc1ccc(OCC)c(OC)c1.I. The molecular formula is C22H34IN5O2. The summed E-state index contributed by atoms with van der Waals surface area (Å²) in [6.07, 6.45) is 1.89. The van der Waals surface area contributed by atoms with Gasteiger partial charge in [-0.05, 0) is 51.5 Å². The van der Waals surface area contributed by atoms with Gasteiger partial charge in [-0.3, -0.25) is 0 Å². The lowest BCUT2D eigenvalue weighted by atomic mass is 10.2. The first-order valence-electron chi connectivity index (χ1n) is 10.2. The fourth-order valence-electron chi connectivity index (χ4n) is 2.88. The second-order valence-electron chi connectivity index (χ2n) is 6.32. The quantitative estimate of drug-likeness (QED) is 0.269. The molecule has 166 valence electrons. The number of halogens is 1.